The van der Waals surface area contributed by atoms with Crippen LogP contribution >= 0.6 is 0 Å². The lowest BCUT2D eigenvalue weighted by atomic mass is 10.1. The van der Waals surface area contributed by atoms with Crippen molar-refractivity contribution >= 4 is 5.91 Å². The fourth-order valence-electron chi connectivity index (χ4n) is 3.20. The Balaban J connectivity index is 1.89. The third-order valence-corrected chi connectivity index (χ3v) is 4.65. The molecule has 0 atom stereocenters. The molecule has 6 heteroatoms. The van der Waals surface area contributed by atoms with Gasteiger partial charge >= 0.3 is 0 Å². The molecular weight excluding hydrogens is 354 g/mol. The number of carbonyl (C=O) groups excluding carboxylic acids is 1. The lowest BCUT2D eigenvalue weighted by molar-refractivity contribution is -0.132. The van der Waals surface area contributed by atoms with E-state index < -0.39 is 0 Å². The second-order valence-corrected chi connectivity index (χ2v) is 7.33. The Hall–Kier alpha value is -2.60. The number of fused-ring (bicyclic) bond motifs is 2. The van der Waals surface area contributed by atoms with E-state index in [0.717, 1.165) is 43.5 Å². The molecule has 1 aromatic heterocycles. The van der Waals surface area contributed by atoms with Crippen LogP contribution in [0.1, 0.15) is 31.2 Å². The van der Waals surface area contributed by atoms with Crippen molar-refractivity contribution in [1.82, 2.24) is 14.8 Å². The zero-order valence-corrected chi connectivity index (χ0v) is 16.8. The van der Waals surface area contributed by atoms with Crippen molar-refractivity contribution in [2.24, 2.45) is 0 Å². The van der Waals surface area contributed by atoms with Crippen LogP contribution in [-0.4, -0.2) is 54.5 Å². The molecule has 0 N–H and O–H groups in total. The Morgan fingerprint density at radius 2 is 1.86 bits per heavy atom. The van der Waals surface area contributed by atoms with Crippen LogP contribution in [-0.2, 0) is 11.3 Å². The van der Waals surface area contributed by atoms with Crippen molar-refractivity contribution in [1.29, 1.82) is 0 Å². The van der Waals surface area contributed by atoms with E-state index in [1.807, 2.05) is 60.3 Å². The summed E-state index contributed by atoms with van der Waals surface area (Å²) in [6.45, 7) is 2.27. The van der Waals surface area contributed by atoms with Crippen molar-refractivity contribution < 1.29 is 14.3 Å². The minimum Gasteiger partial charge on any atom is -0.490 e. The fraction of sp³-hybridized carbons (Fsp3) is 0.455. The van der Waals surface area contributed by atoms with E-state index in [1.165, 1.54) is 0 Å². The van der Waals surface area contributed by atoms with Crippen LogP contribution in [0.4, 0.5) is 0 Å². The number of aromatic nitrogens is 1. The molecule has 0 fully saturated rings. The predicted molar refractivity (Wildman–Crippen MR) is 109 cm³/mol. The number of amides is 1. The van der Waals surface area contributed by atoms with Crippen LogP contribution in [0.3, 0.4) is 0 Å². The minimum absolute atomic E-state index is 0.121. The first-order valence-corrected chi connectivity index (χ1v) is 9.89. The van der Waals surface area contributed by atoms with Crippen molar-refractivity contribution in [3.63, 3.8) is 0 Å². The molecule has 1 aromatic carbocycles. The van der Waals surface area contributed by atoms with Crippen LogP contribution in [0.15, 0.2) is 42.6 Å². The van der Waals surface area contributed by atoms with Crippen LogP contribution in [0.5, 0.6) is 17.4 Å². The number of pyridine rings is 1. The molecule has 3 rings (SSSR count). The molecule has 0 saturated carbocycles. The van der Waals surface area contributed by atoms with E-state index in [9.17, 15) is 4.79 Å². The normalized spacial score (nSPS) is 15.6. The lowest BCUT2D eigenvalue weighted by Gasteiger charge is -2.25. The highest BCUT2D eigenvalue weighted by molar-refractivity contribution is 5.78. The van der Waals surface area contributed by atoms with E-state index in [1.54, 1.807) is 6.20 Å². The minimum atomic E-state index is 0.121. The van der Waals surface area contributed by atoms with Crippen LogP contribution in [0, 0.1) is 0 Å². The van der Waals surface area contributed by atoms with E-state index in [-0.39, 0.29) is 5.91 Å². The number of carbonyl (C=O) groups is 1. The first kappa shape index (κ1) is 20.1. The number of nitrogens with zero attached hydrogens (tertiary/aromatic N) is 3. The summed E-state index contributed by atoms with van der Waals surface area (Å²) in [4.78, 5) is 21.0. The summed E-state index contributed by atoms with van der Waals surface area (Å²) in [5.74, 6) is 2.00. The number of rotatable bonds is 2. The molecule has 150 valence electrons. The summed E-state index contributed by atoms with van der Waals surface area (Å²) < 4.78 is 12.0. The van der Waals surface area contributed by atoms with Gasteiger partial charge < -0.3 is 19.3 Å². The molecule has 2 heterocycles. The van der Waals surface area contributed by atoms with Crippen molar-refractivity contribution in [2.75, 3.05) is 33.8 Å². The van der Waals surface area contributed by atoms with Crippen molar-refractivity contribution in [3.8, 4) is 17.4 Å². The fourth-order valence-corrected chi connectivity index (χ4v) is 3.20. The van der Waals surface area contributed by atoms with E-state index in [2.05, 4.69) is 4.98 Å². The van der Waals surface area contributed by atoms with E-state index in [0.29, 0.717) is 31.3 Å². The summed E-state index contributed by atoms with van der Waals surface area (Å²) in [5, 5.41) is 0. The molecule has 1 aliphatic heterocycles. The summed E-state index contributed by atoms with van der Waals surface area (Å²) in [5.41, 5.74) is 0.890. The first-order valence-electron chi connectivity index (χ1n) is 9.89. The maximum Gasteiger partial charge on any atom is 0.237 e. The van der Waals surface area contributed by atoms with Gasteiger partial charge in [0.15, 0.2) is 11.5 Å². The molecule has 0 bridgehead atoms. The molecule has 1 aliphatic rings. The average molecular weight is 383 g/mol. The van der Waals surface area contributed by atoms with Crippen LogP contribution in [0.2, 0.25) is 0 Å². The first-order chi connectivity index (χ1) is 13.6. The molecular formula is C22H29N3O3. The van der Waals surface area contributed by atoms with E-state index >= 15 is 0 Å². The van der Waals surface area contributed by atoms with Crippen LogP contribution in [0.25, 0.3) is 0 Å². The molecule has 2 aromatic rings. The topological polar surface area (TPSA) is 54.9 Å². The molecule has 6 nitrogen and oxygen atoms in total. The number of ether oxygens (including phenoxy) is 2. The maximum absolute atomic E-state index is 12.8. The van der Waals surface area contributed by atoms with Crippen molar-refractivity contribution in [3.05, 3.63) is 48.2 Å². The zero-order valence-electron chi connectivity index (χ0n) is 16.8. The monoisotopic (exact) mass is 383 g/mol. The molecule has 1 amide bonds. The number of benzene rings is 1. The largest absolute Gasteiger partial charge is 0.490 e. The predicted octanol–water partition coefficient (Wildman–Crippen LogP) is 3.72. The van der Waals surface area contributed by atoms with Gasteiger partial charge in [0.25, 0.3) is 0 Å². The standard InChI is InChI=1S/C22H29N3O3/c1-24(2)17-21(26)25-14-7-3-4-8-15-27-19-11-5-6-12-20(19)28-22-18(16-25)10-9-13-23-22/h5-6,9-13H,3-4,7-8,14-17H2,1-2H3. The number of likely N-dealkylation sites (N-methyl/N-ethyl adjacent to an activating group) is 1. The smallest absolute Gasteiger partial charge is 0.237 e. The third-order valence-electron chi connectivity index (χ3n) is 4.65. The zero-order chi connectivity index (χ0) is 19.8. The van der Waals surface area contributed by atoms with Gasteiger partial charge in [-0.1, -0.05) is 31.0 Å². The summed E-state index contributed by atoms with van der Waals surface area (Å²) in [6.07, 6.45) is 5.82. The molecule has 0 unspecified atom stereocenters. The maximum atomic E-state index is 12.8. The number of para-hydroxylation sites is 2. The highest BCUT2D eigenvalue weighted by Gasteiger charge is 2.18. The second kappa shape index (κ2) is 10.1. The molecule has 0 saturated heterocycles. The summed E-state index contributed by atoms with van der Waals surface area (Å²) in [7, 11) is 3.83. The average Bonchev–Trinajstić information content (AvgIpc) is 2.67. The van der Waals surface area contributed by atoms with Gasteiger partial charge in [0.1, 0.15) is 0 Å². The highest BCUT2D eigenvalue weighted by Crippen LogP contribution is 2.32. The molecule has 0 spiro atoms. The lowest BCUT2D eigenvalue weighted by Crippen LogP contribution is -2.38. The second-order valence-electron chi connectivity index (χ2n) is 7.33. The molecule has 0 radical (unpaired) electrons. The quantitative estimate of drug-likeness (QED) is 0.791. The molecule has 0 aliphatic carbocycles. The van der Waals surface area contributed by atoms with Gasteiger partial charge in [-0.2, -0.15) is 0 Å². The molecule has 28 heavy (non-hydrogen) atoms. The Kier molecular flexibility index (Phi) is 7.25. The van der Waals surface area contributed by atoms with Crippen molar-refractivity contribution in [2.45, 2.75) is 32.2 Å². The van der Waals surface area contributed by atoms with Gasteiger partial charge in [-0.25, -0.2) is 4.98 Å². The SMILES string of the molecule is CN(C)CC(=O)N1CCCCCCOc2ccccc2Oc2ncccc2C1. The van der Waals surface area contributed by atoms with Gasteiger partial charge in [0.05, 0.1) is 19.7 Å². The van der Waals surface area contributed by atoms with E-state index in [4.69, 9.17) is 9.47 Å². The third kappa shape index (κ3) is 5.70. The van der Waals surface area contributed by atoms with Gasteiger partial charge in [-0.3, -0.25) is 4.79 Å². The van der Waals surface area contributed by atoms with Gasteiger partial charge in [0.2, 0.25) is 11.8 Å². The summed E-state index contributed by atoms with van der Waals surface area (Å²) >= 11 is 0. The van der Waals surface area contributed by atoms with Gasteiger partial charge in [0, 0.05) is 18.3 Å². The van der Waals surface area contributed by atoms with Gasteiger partial charge in [-0.05, 0) is 45.1 Å². The highest BCUT2D eigenvalue weighted by atomic mass is 16.5. The van der Waals surface area contributed by atoms with Gasteiger partial charge in [-0.15, -0.1) is 0 Å². The Morgan fingerprint density at radius 1 is 1.07 bits per heavy atom. The Labute approximate surface area is 167 Å². The van der Waals surface area contributed by atoms with Crippen LogP contribution < -0.4 is 9.47 Å². The Bertz CT molecular complexity index is 779. The number of hydrogen-bond donors (Lipinski definition) is 0. The number of hydrogen-bond acceptors (Lipinski definition) is 5. The Morgan fingerprint density at radius 3 is 2.68 bits per heavy atom. The summed E-state index contributed by atoms with van der Waals surface area (Å²) in [6, 6.07) is 11.5.